The number of nitrogens with zero attached hydrogens (tertiary/aromatic N) is 1. The summed E-state index contributed by atoms with van der Waals surface area (Å²) in [6, 6.07) is 18.8. The van der Waals surface area contributed by atoms with Gasteiger partial charge in [-0.3, -0.25) is 23.7 Å². The summed E-state index contributed by atoms with van der Waals surface area (Å²) in [4.78, 5) is 50.0. The third-order valence-corrected chi connectivity index (χ3v) is 9.72. The molecule has 0 atom stereocenters. The minimum atomic E-state index is -3.65. The number of hydrogen-bond acceptors (Lipinski definition) is 11. The Bertz CT molecular complexity index is 2230. The third kappa shape index (κ3) is 10.8. The lowest BCUT2D eigenvalue weighted by atomic mass is 10.1. The van der Waals surface area contributed by atoms with Crippen LogP contribution in [0.3, 0.4) is 0 Å². The van der Waals surface area contributed by atoms with Gasteiger partial charge in [-0.15, -0.1) is 12.4 Å². The molecular weight excluding hydrogens is 751 g/mol. The molecule has 0 aliphatic carbocycles. The first kappa shape index (κ1) is 42.2. The smallest absolute Gasteiger partial charge is 0.322 e. The number of amides is 2. The molecule has 0 aliphatic heterocycles. The van der Waals surface area contributed by atoms with Crippen LogP contribution in [0.25, 0.3) is 0 Å². The number of rotatable bonds is 11. The van der Waals surface area contributed by atoms with Gasteiger partial charge < -0.3 is 31.7 Å². The second-order valence-corrected chi connectivity index (χ2v) is 15.0. The number of carbonyl (C=O) groups excluding carboxylic acids is 2. The predicted octanol–water partition coefficient (Wildman–Crippen LogP) is 2.08. The number of carboxylic acids is 1. The summed E-state index contributed by atoms with van der Waals surface area (Å²) < 4.78 is 47.1. The largest absolute Gasteiger partial charge is 0.506 e. The number of carboxylic acid groups (broad SMARTS) is 1. The van der Waals surface area contributed by atoms with E-state index >= 15 is 0 Å². The van der Waals surface area contributed by atoms with E-state index in [0.717, 1.165) is 6.26 Å². The normalized spacial score (nSPS) is 11.0. The fourth-order valence-corrected chi connectivity index (χ4v) is 6.70. The standard InChI is InChI=1S/C24H22ClN3O9S.C8H11NO2S.ClH/c1-38(36,37)16-9-5-3-6-13(16)10-26-21(32)18-20(31)19(22(33)27-11-17(29)30)24(35)28(23(18)34)12-14-7-2-4-8-15(14)25;1-12(10,11)8-5-3-2-4-7(8)6-9;/h2-9,31,34H,10-12H2,1H3,(H,26,32)(H,27,33)(H,29,30);2-5H,6,9H2,1H3;1H. The number of carbonyl (C=O) groups is 3. The van der Waals surface area contributed by atoms with E-state index in [2.05, 4.69) is 5.32 Å². The molecule has 0 radical (unpaired) electrons. The van der Waals surface area contributed by atoms with E-state index in [1.807, 2.05) is 5.32 Å². The van der Waals surface area contributed by atoms with Gasteiger partial charge in [-0.2, -0.15) is 0 Å². The summed E-state index contributed by atoms with van der Waals surface area (Å²) in [5.41, 5.74) is 3.50. The predicted molar refractivity (Wildman–Crippen MR) is 190 cm³/mol. The van der Waals surface area contributed by atoms with Crippen LogP contribution in [-0.2, 0) is 44.1 Å². The van der Waals surface area contributed by atoms with Gasteiger partial charge >= 0.3 is 5.97 Å². The van der Waals surface area contributed by atoms with Gasteiger partial charge in [0.05, 0.1) is 16.3 Å². The summed E-state index contributed by atoms with van der Waals surface area (Å²) in [5.74, 6) is -6.09. The molecule has 4 rings (SSSR count). The molecule has 4 aromatic rings. The minimum Gasteiger partial charge on any atom is -0.506 e. The van der Waals surface area contributed by atoms with Gasteiger partial charge in [-0.25, -0.2) is 16.8 Å². The zero-order chi connectivity index (χ0) is 37.4. The molecule has 274 valence electrons. The Labute approximate surface area is 303 Å². The lowest BCUT2D eigenvalue weighted by Crippen LogP contribution is -2.37. The lowest BCUT2D eigenvalue weighted by molar-refractivity contribution is -0.135. The van der Waals surface area contributed by atoms with Crippen molar-refractivity contribution in [3.05, 3.63) is 116 Å². The zero-order valence-electron chi connectivity index (χ0n) is 27.0. The van der Waals surface area contributed by atoms with Crippen LogP contribution in [0.15, 0.2) is 87.4 Å². The van der Waals surface area contributed by atoms with Crippen molar-refractivity contribution in [1.29, 1.82) is 0 Å². The van der Waals surface area contributed by atoms with E-state index in [4.69, 9.17) is 22.4 Å². The van der Waals surface area contributed by atoms with Crippen LogP contribution in [-0.4, -0.2) is 73.6 Å². The van der Waals surface area contributed by atoms with Crippen molar-refractivity contribution in [2.45, 2.75) is 29.4 Å². The highest BCUT2D eigenvalue weighted by Gasteiger charge is 2.30. The number of hydrogen-bond donors (Lipinski definition) is 6. The summed E-state index contributed by atoms with van der Waals surface area (Å²) in [5, 5.41) is 34.9. The number of benzene rings is 3. The monoisotopic (exact) mass is 784 g/mol. The third-order valence-electron chi connectivity index (χ3n) is 6.96. The molecule has 1 heterocycles. The van der Waals surface area contributed by atoms with Crippen molar-refractivity contribution < 1.29 is 46.5 Å². The van der Waals surface area contributed by atoms with E-state index in [9.17, 15) is 46.2 Å². The SMILES string of the molecule is CS(=O)(=O)c1ccccc1CN.CS(=O)(=O)c1ccccc1CNC(=O)c1c(O)c(C(=O)NCC(=O)O)c(=O)n(Cc2ccccc2Cl)c1O.Cl. The average Bonchev–Trinajstić information content (AvgIpc) is 3.05. The van der Waals surface area contributed by atoms with Gasteiger partial charge in [-0.05, 0) is 34.9 Å². The Hall–Kier alpha value is -4.94. The van der Waals surface area contributed by atoms with Crippen molar-refractivity contribution in [3.63, 3.8) is 0 Å². The van der Waals surface area contributed by atoms with Crippen molar-refractivity contribution in [2.75, 3.05) is 19.1 Å². The number of nitrogens with two attached hydrogens (primary N) is 1. The first-order valence-electron chi connectivity index (χ1n) is 14.3. The van der Waals surface area contributed by atoms with Crippen LogP contribution in [0.4, 0.5) is 0 Å². The van der Waals surface area contributed by atoms with Gasteiger partial charge in [-0.1, -0.05) is 66.2 Å². The first-order valence-corrected chi connectivity index (χ1v) is 18.5. The lowest BCUT2D eigenvalue weighted by Gasteiger charge is -2.17. The second-order valence-electron chi connectivity index (χ2n) is 10.6. The highest BCUT2D eigenvalue weighted by atomic mass is 35.5. The number of halogens is 2. The Balaban J connectivity index is 0.000000587. The molecular formula is C32H34Cl2N4O11S2. The van der Waals surface area contributed by atoms with Crippen molar-refractivity contribution in [1.82, 2.24) is 15.2 Å². The van der Waals surface area contributed by atoms with Crippen LogP contribution in [0.1, 0.15) is 37.4 Å². The Morgan fingerprint density at radius 3 is 1.73 bits per heavy atom. The van der Waals surface area contributed by atoms with E-state index in [1.165, 1.54) is 36.6 Å². The van der Waals surface area contributed by atoms with Gasteiger partial charge in [0.25, 0.3) is 17.4 Å². The van der Waals surface area contributed by atoms with E-state index in [1.54, 1.807) is 42.5 Å². The Morgan fingerprint density at radius 2 is 1.24 bits per heavy atom. The molecule has 1 aromatic heterocycles. The average molecular weight is 786 g/mol. The molecule has 7 N–H and O–H groups in total. The van der Waals surface area contributed by atoms with Crippen molar-refractivity contribution in [3.8, 4) is 11.6 Å². The minimum absolute atomic E-state index is 0. The highest BCUT2D eigenvalue weighted by Crippen LogP contribution is 2.30. The number of aromatic nitrogens is 1. The van der Waals surface area contributed by atoms with Crippen LogP contribution in [0.2, 0.25) is 5.02 Å². The fourth-order valence-electron chi connectivity index (χ4n) is 4.61. The van der Waals surface area contributed by atoms with Crippen LogP contribution in [0.5, 0.6) is 11.6 Å². The summed E-state index contributed by atoms with van der Waals surface area (Å²) in [6.07, 6.45) is 2.17. The zero-order valence-corrected chi connectivity index (χ0v) is 30.2. The molecule has 3 aromatic carbocycles. The Morgan fingerprint density at radius 1 is 0.765 bits per heavy atom. The fraction of sp³-hybridized carbons (Fsp3) is 0.188. The molecule has 0 saturated heterocycles. The topological polar surface area (TPSA) is 252 Å². The number of aromatic hydroxyl groups is 2. The molecule has 0 fully saturated rings. The Kier molecular flexibility index (Phi) is 14.8. The summed E-state index contributed by atoms with van der Waals surface area (Å²) in [6.45, 7) is -1.41. The number of nitrogens with one attached hydrogen (secondary N) is 2. The van der Waals surface area contributed by atoms with Crippen LogP contribution in [0, 0.1) is 0 Å². The van der Waals surface area contributed by atoms with Gasteiger partial charge in [0.15, 0.2) is 25.4 Å². The molecule has 19 heteroatoms. The van der Waals surface area contributed by atoms with Gasteiger partial charge in [0.2, 0.25) is 5.88 Å². The molecule has 15 nitrogen and oxygen atoms in total. The van der Waals surface area contributed by atoms with Crippen molar-refractivity contribution in [2.24, 2.45) is 5.73 Å². The first-order chi connectivity index (χ1) is 23.4. The maximum absolute atomic E-state index is 13.1. The molecule has 2 amide bonds. The molecule has 0 saturated carbocycles. The van der Waals surface area contributed by atoms with Crippen LogP contribution >= 0.6 is 24.0 Å². The highest BCUT2D eigenvalue weighted by molar-refractivity contribution is 7.91. The summed E-state index contributed by atoms with van der Waals surface area (Å²) in [7, 11) is -6.78. The molecule has 0 bridgehead atoms. The number of aliphatic carboxylic acids is 1. The van der Waals surface area contributed by atoms with E-state index in [0.29, 0.717) is 20.6 Å². The maximum Gasteiger partial charge on any atom is 0.322 e. The van der Waals surface area contributed by atoms with Crippen molar-refractivity contribution >= 4 is 61.5 Å². The summed E-state index contributed by atoms with van der Waals surface area (Å²) >= 11 is 6.15. The van der Waals surface area contributed by atoms with Gasteiger partial charge in [0, 0.05) is 30.6 Å². The molecule has 0 aliphatic rings. The maximum atomic E-state index is 13.1. The number of sulfone groups is 2. The van der Waals surface area contributed by atoms with E-state index < -0.39 is 78.9 Å². The number of pyridine rings is 1. The molecule has 51 heavy (non-hydrogen) atoms. The van der Waals surface area contributed by atoms with Crippen LogP contribution < -0.4 is 21.9 Å². The molecule has 0 unspecified atom stereocenters. The second kappa shape index (κ2) is 17.8. The van der Waals surface area contributed by atoms with Gasteiger partial charge in [0.1, 0.15) is 17.7 Å². The quantitative estimate of drug-likeness (QED) is 0.128. The molecule has 0 spiro atoms. The van der Waals surface area contributed by atoms with E-state index in [-0.39, 0.29) is 41.0 Å².